The van der Waals surface area contributed by atoms with Crippen molar-refractivity contribution in [1.82, 2.24) is 0 Å². The Balaban J connectivity index is 2.58. The van der Waals surface area contributed by atoms with E-state index in [1.165, 1.54) is 32.4 Å². The van der Waals surface area contributed by atoms with E-state index in [2.05, 4.69) is 0 Å². The fourth-order valence-electron chi connectivity index (χ4n) is 2.29. The summed E-state index contributed by atoms with van der Waals surface area (Å²) in [6.45, 7) is 0. The maximum Gasteiger partial charge on any atom is 0.207 e. The van der Waals surface area contributed by atoms with Gasteiger partial charge in [0.25, 0.3) is 0 Å². The molecule has 108 valence electrons. The first-order chi connectivity index (χ1) is 10.1. The van der Waals surface area contributed by atoms with E-state index in [0.29, 0.717) is 0 Å². The van der Waals surface area contributed by atoms with Gasteiger partial charge in [0, 0.05) is 0 Å². The fraction of sp³-hybridized carbons (Fsp3) is 0.133. The van der Waals surface area contributed by atoms with Gasteiger partial charge in [0.2, 0.25) is 16.9 Å². The van der Waals surface area contributed by atoms with Gasteiger partial charge >= 0.3 is 0 Å². The van der Waals surface area contributed by atoms with E-state index < -0.39 is 0 Å². The van der Waals surface area contributed by atoms with Gasteiger partial charge in [0.1, 0.15) is 0 Å². The van der Waals surface area contributed by atoms with E-state index >= 15 is 0 Å². The Morgan fingerprint density at radius 3 is 2.48 bits per heavy atom. The van der Waals surface area contributed by atoms with Crippen LogP contribution in [0.3, 0.4) is 0 Å². The number of para-hydroxylation sites is 1. The lowest BCUT2D eigenvalue weighted by molar-refractivity contribution is 0.333. The lowest BCUT2D eigenvalue weighted by atomic mass is 10.1. The van der Waals surface area contributed by atoms with Crippen LogP contribution in [0, 0.1) is 0 Å². The second-order valence-electron chi connectivity index (χ2n) is 4.42. The number of fused-ring (bicyclic) bond motifs is 2. The zero-order valence-electron chi connectivity index (χ0n) is 11.3. The zero-order chi connectivity index (χ0) is 15.1. The largest absolute Gasteiger partial charge is 0.504 e. The molecule has 1 heterocycles. The van der Waals surface area contributed by atoms with Crippen molar-refractivity contribution >= 4 is 21.9 Å². The number of methoxy groups -OCH3 is 2. The van der Waals surface area contributed by atoms with Gasteiger partial charge in [-0.05, 0) is 18.2 Å². The number of benzene rings is 2. The van der Waals surface area contributed by atoms with Crippen LogP contribution >= 0.6 is 0 Å². The first kappa shape index (κ1) is 13.1. The number of aromatic hydroxyl groups is 2. The maximum atomic E-state index is 12.5. The minimum Gasteiger partial charge on any atom is -0.504 e. The summed E-state index contributed by atoms with van der Waals surface area (Å²) in [6.07, 6.45) is 0. The van der Waals surface area contributed by atoms with Gasteiger partial charge in [-0.2, -0.15) is 0 Å². The van der Waals surface area contributed by atoms with Crippen LogP contribution in [-0.2, 0) is 0 Å². The van der Waals surface area contributed by atoms with Crippen LogP contribution in [-0.4, -0.2) is 24.4 Å². The van der Waals surface area contributed by atoms with Gasteiger partial charge in [-0.25, -0.2) is 0 Å². The molecule has 0 aliphatic rings. The van der Waals surface area contributed by atoms with E-state index in [1.807, 2.05) is 0 Å². The van der Waals surface area contributed by atoms with E-state index in [0.717, 1.165) is 0 Å². The summed E-state index contributed by atoms with van der Waals surface area (Å²) in [6, 6.07) is 5.91. The van der Waals surface area contributed by atoms with Crippen molar-refractivity contribution < 1.29 is 24.1 Å². The van der Waals surface area contributed by atoms with E-state index in [9.17, 15) is 15.0 Å². The van der Waals surface area contributed by atoms with Crippen molar-refractivity contribution in [3.8, 4) is 23.0 Å². The van der Waals surface area contributed by atoms with Crippen LogP contribution in [0.15, 0.2) is 33.5 Å². The normalized spacial score (nSPS) is 11.0. The van der Waals surface area contributed by atoms with E-state index in [1.54, 1.807) is 6.07 Å². The van der Waals surface area contributed by atoms with Gasteiger partial charge in [0.05, 0.1) is 25.0 Å². The van der Waals surface area contributed by atoms with E-state index in [-0.39, 0.29) is 50.4 Å². The molecule has 0 spiro atoms. The lowest BCUT2D eigenvalue weighted by Crippen LogP contribution is -2.03. The van der Waals surface area contributed by atoms with Crippen LogP contribution in [0.1, 0.15) is 0 Å². The molecule has 0 amide bonds. The number of hydrogen-bond acceptors (Lipinski definition) is 6. The molecule has 0 bridgehead atoms. The second-order valence-corrected chi connectivity index (χ2v) is 4.42. The Morgan fingerprint density at radius 2 is 1.81 bits per heavy atom. The molecular formula is C15H12O6. The predicted molar refractivity (Wildman–Crippen MR) is 76.4 cm³/mol. The van der Waals surface area contributed by atoms with Gasteiger partial charge in [-0.1, -0.05) is 6.07 Å². The van der Waals surface area contributed by atoms with Crippen LogP contribution in [0.25, 0.3) is 21.9 Å². The fourth-order valence-corrected chi connectivity index (χ4v) is 2.29. The first-order valence-electron chi connectivity index (χ1n) is 6.11. The van der Waals surface area contributed by atoms with Crippen molar-refractivity contribution in [2.45, 2.75) is 0 Å². The molecule has 0 saturated heterocycles. The molecule has 0 radical (unpaired) electrons. The highest BCUT2D eigenvalue weighted by atomic mass is 16.5. The average molecular weight is 288 g/mol. The Hall–Kier alpha value is -2.89. The Kier molecular flexibility index (Phi) is 2.86. The van der Waals surface area contributed by atoms with E-state index in [4.69, 9.17) is 13.9 Å². The molecule has 1 aromatic heterocycles. The molecular weight excluding hydrogens is 276 g/mol. The number of rotatable bonds is 2. The monoisotopic (exact) mass is 288 g/mol. The van der Waals surface area contributed by atoms with Gasteiger partial charge in [-0.3, -0.25) is 4.79 Å². The molecule has 2 N–H and O–H groups in total. The number of hydrogen-bond donors (Lipinski definition) is 2. The SMILES string of the molecule is COc1cc2c(=O)c3cccc(O)c3oc2c(O)c1OC. The summed E-state index contributed by atoms with van der Waals surface area (Å²) in [7, 11) is 2.76. The van der Waals surface area contributed by atoms with Crippen LogP contribution in [0.2, 0.25) is 0 Å². The molecule has 0 atom stereocenters. The standard InChI is InChI=1S/C15H12O6/c1-19-10-6-8-11(17)7-4-3-5-9(16)13(7)21-14(8)12(18)15(10)20-2/h3-6,16,18H,1-2H3. The summed E-state index contributed by atoms with van der Waals surface area (Å²) < 4.78 is 15.7. The van der Waals surface area contributed by atoms with Crippen LogP contribution < -0.4 is 14.9 Å². The Bertz CT molecular complexity index is 910. The third-order valence-corrected chi connectivity index (χ3v) is 3.29. The summed E-state index contributed by atoms with van der Waals surface area (Å²) >= 11 is 0. The molecule has 0 unspecified atom stereocenters. The quantitative estimate of drug-likeness (QED) is 0.704. The number of phenols is 2. The average Bonchev–Trinajstić information content (AvgIpc) is 2.49. The molecule has 3 aromatic rings. The van der Waals surface area contributed by atoms with Crippen molar-refractivity contribution in [1.29, 1.82) is 0 Å². The third-order valence-electron chi connectivity index (χ3n) is 3.29. The smallest absolute Gasteiger partial charge is 0.207 e. The molecule has 0 aliphatic carbocycles. The number of phenolic OH excluding ortho intramolecular Hbond substituents is 2. The molecule has 6 heteroatoms. The van der Waals surface area contributed by atoms with Crippen molar-refractivity contribution in [2.24, 2.45) is 0 Å². The predicted octanol–water partition coefficient (Wildman–Crippen LogP) is 2.37. The summed E-state index contributed by atoms with van der Waals surface area (Å²) in [5, 5.41) is 20.4. The Labute approximate surface area is 118 Å². The van der Waals surface area contributed by atoms with Crippen LogP contribution in [0.5, 0.6) is 23.0 Å². The van der Waals surface area contributed by atoms with Gasteiger partial charge in [-0.15, -0.1) is 0 Å². The molecule has 0 fully saturated rings. The molecule has 6 nitrogen and oxygen atoms in total. The summed E-state index contributed by atoms with van der Waals surface area (Å²) in [4.78, 5) is 12.5. The molecule has 2 aromatic carbocycles. The summed E-state index contributed by atoms with van der Waals surface area (Å²) in [5.74, 6) is -0.257. The molecule has 0 saturated carbocycles. The highest BCUT2D eigenvalue weighted by Gasteiger charge is 2.20. The molecule has 3 rings (SSSR count). The van der Waals surface area contributed by atoms with Gasteiger partial charge < -0.3 is 24.1 Å². The maximum absolute atomic E-state index is 12.5. The lowest BCUT2D eigenvalue weighted by Gasteiger charge is -2.11. The third kappa shape index (κ3) is 1.76. The van der Waals surface area contributed by atoms with Crippen LogP contribution in [0.4, 0.5) is 0 Å². The zero-order valence-corrected chi connectivity index (χ0v) is 11.3. The highest BCUT2D eigenvalue weighted by molar-refractivity contribution is 5.96. The van der Waals surface area contributed by atoms with Crippen molar-refractivity contribution in [3.63, 3.8) is 0 Å². The number of ether oxygens (including phenoxy) is 2. The highest BCUT2D eigenvalue weighted by Crippen LogP contribution is 2.43. The van der Waals surface area contributed by atoms with Crippen molar-refractivity contribution in [3.05, 3.63) is 34.5 Å². The topological polar surface area (TPSA) is 89.1 Å². The minimum atomic E-state index is -0.376. The first-order valence-corrected chi connectivity index (χ1v) is 6.11. The second kappa shape index (κ2) is 4.59. The van der Waals surface area contributed by atoms with Gasteiger partial charge in [0.15, 0.2) is 22.7 Å². The molecule has 0 aliphatic heterocycles. The summed E-state index contributed by atoms with van der Waals surface area (Å²) in [5.41, 5.74) is -0.428. The minimum absolute atomic E-state index is 0.0116. The molecule has 21 heavy (non-hydrogen) atoms. The van der Waals surface area contributed by atoms with Crippen molar-refractivity contribution in [2.75, 3.05) is 14.2 Å². The Morgan fingerprint density at radius 1 is 1.05 bits per heavy atom.